The molecule has 0 bridgehead atoms. The maximum Gasteiger partial charge on any atom is 0.490 e. The maximum atomic E-state index is 13.3. The molecule has 264 valence electrons. The number of nitrogens with one attached hydrogen (secondary N) is 1. The number of hydrazine groups is 1. The number of carbonyl (C=O) groups excluding carboxylic acids is 2. The molecule has 1 amide bonds. The number of nitrogens with two attached hydrogens (primary N) is 1. The first-order valence-corrected chi connectivity index (χ1v) is 16.4. The summed E-state index contributed by atoms with van der Waals surface area (Å²) in [6.07, 6.45) is 1.70. The van der Waals surface area contributed by atoms with Gasteiger partial charge in [-0.1, -0.05) is 60.0 Å². The predicted octanol–water partition coefficient (Wildman–Crippen LogP) is 6.72. The number of nitrogens with zero attached hydrogens (tertiary/aromatic N) is 3. The van der Waals surface area contributed by atoms with Gasteiger partial charge in [-0.2, -0.15) is 18.3 Å². The molecule has 0 atom stereocenters. The highest BCUT2D eigenvalue weighted by Gasteiger charge is 2.38. The van der Waals surface area contributed by atoms with E-state index >= 15 is 0 Å². The van der Waals surface area contributed by atoms with E-state index in [4.69, 9.17) is 48.7 Å². The molecule has 1 fully saturated rings. The number of alkyl halides is 3. The van der Waals surface area contributed by atoms with Crippen LogP contribution in [0.25, 0.3) is 16.9 Å². The van der Waals surface area contributed by atoms with E-state index in [-0.39, 0.29) is 18.5 Å². The number of hydrogen-bond donors (Lipinski definition) is 3. The van der Waals surface area contributed by atoms with Crippen LogP contribution in [0.5, 0.6) is 0 Å². The molecule has 15 heteroatoms. The Kier molecular flexibility index (Phi) is 15.4. The highest BCUT2D eigenvalue weighted by molar-refractivity contribution is 6.35. The lowest BCUT2D eigenvalue weighted by atomic mass is 10.0. The van der Waals surface area contributed by atoms with E-state index in [2.05, 4.69) is 17.3 Å². The predicted molar refractivity (Wildman–Crippen MR) is 180 cm³/mol. The number of unbranched alkanes of at least 4 members (excludes halogenated alkanes) is 2. The molecule has 0 aliphatic carbocycles. The van der Waals surface area contributed by atoms with Crippen LogP contribution < -0.4 is 11.2 Å². The van der Waals surface area contributed by atoms with Crippen molar-refractivity contribution in [3.05, 3.63) is 69.3 Å². The summed E-state index contributed by atoms with van der Waals surface area (Å²) in [6, 6.07) is 12.9. The second-order valence-corrected chi connectivity index (χ2v) is 11.9. The summed E-state index contributed by atoms with van der Waals surface area (Å²) in [5.41, 5.74) is 12.6. The van der Waals surface area contributed by atoms with Gasteiger partial charge in [0.2, 0.25) is 0 Å². The third-order valence-electron chi connectivity index (χ3n) is 7.30. The smallest absolute Gasteiger partial charge is 0.475 e. The van der Waals surface area contributed by atoms with Gasteiger partial charge in [-0.05, 0) is 69.5 Å². The van der Waals surface area contributed by atoms with E-state index in [1.54, 1.807) is 22.9 Å². The molecule has 49 heavy (non-hydrogen) atoms. The lowest BCUT2D eigenvalue weighted by Gasteiger charge is -2.26. The number of hydrogen-bond acceptors (Lipinski definition) is 7. The number of ether oxygens (including phenoxy) is 1. The molecule has 1 saturated heterocycles. The largest absolute Gasteiger partial charge is 0.490 e. The monoisotopic (exact) mass is 723 g/mol. The van der Waals surface area contributed by atoms with Crippen LogP contribution in [0.15, 0.2) is 42.5 Å². The molecular formula is C34H38Cl2F3N5O5. The minimum Gasteiger partial charge on any atom is -0.475 e. The van der Waals surface area contributed by atoms with Crippen molar-refractivity contribution in [2.24, 2.45) is 5.73 Å². The van der Waals surface area contributed by atoms with Crippen molar-refractivity contribution in [2.75, 3.05) is 26.2 Å². The van der Waals surface area contributed by atoms with Crippen LogP contribution in [0.2, 0.25) is 10.0 Å². The molecule has 4 N–H and O–H groups in total. The van der Waals surface area contributed by atoms with Gasteiger partial charge in [-0.15, -0.1) is 0 Å². The summed E-state index contributed by atoms with van der Waals surface area (Å²) in [6.45, 7) is 4.44. The molecule has 10 nitrogen and oxygen atoms in total. The number of aromatic nitrogens is 2. The maximum absolute atomic E-state index is 13.3. The van der Waals surface area contributed by atoms with Gasteiger partial charge in [0.05, 0.1) is 16.4 Å². The molecule has 3 aromatic rings. The van der Waals surface area contributed by atoms with Crippen LogP contribution >= 0.6 is 23.2 Å². The Morgan fingerprint density at radius 1 is 1.04 bits per heavy atom. The molecule has 1 aromatic heterocycles. The molecule has 1 aliphatic heterocycles. The van der Waals surface area contributed by atoms with E-state index in [0.29, 0.717) is 40.8 Å². The zero-order valence-electron chi connectivity index (χ0n) is 26.9. The average Bonchev–Trinajstić information content (AvgIpc) is 3.40. The molecule has 1 aliphatic rings. The van der Waals surface area contributed by atoms with Gasteiger partial charge in [0, 0.05) is 47.6 Å². The fourth-order valence-electron chi connectivity index (χ4n) is 4.83. The summed E-state index contributed by atoms with van der Waals surface area (Å²) in [4.78, 5) is 34.0. The minimum atomic E-state index is -5.08. The molecule has 0 saturated carbocycles. The van der Waals surface area contributed by atoms with Crippen LogP contribution in [0.3, 0.4) is 0 Å². The zero-order valence-corrected chi connectivity index (χ0v) is 28.4. The second kappa shape index (κ2) is 19.2. The Labute approximate surface area is 292 Å². The number of carboxylic acid groups (broad SMARTS) is 1. The molecule has 0 unspecified atom stereocenters. The van der Waals surface area contributed by atoms with Crippen molar-refractivity contribution < 1.29 is 37.4 Å². The molecule has 0 spiro atoms. The lowest BCUT2D eigenvalue weighted by Crippen LogP contribution is -2.45. The number of carbonyl (C=O) groups is 3. The summed E-state index contributed by atoms with van der Waals surface area (Å²) >= 11 is 12.7. The van der Waals surface area contributed by atoms with Crippen LogP contribution in [0.4, 0.5) is 13.2 Å². The Hall–Kier alpha value is -4.09. The summed E-state index contributed by atoms with van der Waals surface area (Å²) in [5, 5.41) is 14.7. The molecule has 2 heterocycles. The van der Waals surface area contributed by atoms with Crippen LogP contribution in [0.1, 0.15) is 73.0 Å². The second-order valence-electron chi connectivity index (χ2n) is 11.1. The first-order chi connectivity index (χ1) is 23.3. The van der Waals surface area contributed by atoms with Gasteiger partial charge in [-0.25, -0.2) is 14.5 Å². The third-order valence-corrected chi connectivity index (χ3v) is 7.84. The summed E-state index contributed by atoms with van der Waals surface area (Å²) in [5.74, 6) is 2.97. The number of aliphatic carboxylic acids is 1. The fourth-order valence-corrected chi connectivity index (χ4v) is 5.32. The van der Waals surface area contributed by atoms with E-state index < -0.39 is 12.1 Å². The lowest BCUT2D eigenvalue weighted by molar-refractivity contribution is -0.192. The van der Waals surface area contributed by atoms with Crippen molar-refractivity contribution in [1.29, 1.82) is 0 Å². The van der Waals surface area contributed by atoms with Crippen molar-refractivity contribution in [1.82, 2.24) is 20.2 Å². The van der Waals surface area contributed by atoms with E-state index in [9.17, 15) is 22.8 Å². The van der Waals surface area contributed by atoms with Gasteiger partial charge in [0.25, 0.3) is 5.91 Å². The van der Waals surface area contributed by atoms with Gasteiger partial charge in [0.1, 0.15) is 6.61 Å². The molecule has 2 aromatic carbocycles. The number of amides is 1. The normalized spacial score (nSPS) is 13.0. The SMILES string of the molecule is Cc1c(C(=O)NN2CCCCC2)nn(-c2ccc(Cl)cc2Cl)c1-c1ccc(C#CCCOC(=O)CCCCCN)cc1.O=C(O)C(F)(F)F. The quantitative estimate of drug-likeness (QED) is 0.113. The highest BCUT2D eigenvalue weighted by atomic mass is 35.5. The minimum absolute atomic E-state index is 0.199. The van der Waals surface area contributed by atoms with Gasteiger partial charge < -0.3 is 15.6 Å². The van der Waals surface area contributed by atoms with E-state index in [1.807, 2.05) is 36.2 Å². The number of piperidine rings is 1. The van der Waals surface area contributed by atoms with Gasteiger partial charge in [-0.3, -0.25) is 15.0 Å². The molecule has 4 rings (SSSR count). The summed E-state index contributed by atoms with van der Waals surface area (Å²) in [7, 11) is 0. The van der Waals surface area contributed by atoms with Crippen molar-refractivity contribution in [2.45, 2.75) is 64.5 Å². The third kappa shape index (κ3) is 12.4. The molecular weight excluding hydrogens is 686 g/mol. The first kappa shape index (κ1) is 39.3. The number of benzene rings is 2. The van der Waals surface area contributed by atoms with Crippen LogP contribution in [-0.2, 0) is 14.3 Å². The highest BCUT2D eigenvalue weighted by Crippen LogP contribution is 2.33. The standard InChI is InChI=1S/C32H37Cl2N5O3.C2HF3O2/c1-23-30(32(41)37-38-19-7-3-8-20-38)36-39(28-17-16-26(33)22-27(28)34)31(23)25-14-12-24(13-15-25)10-5-9-21-42-29(40)11-4-2-6-18-35;3-2(4,5)1(6)7/h12-17,22H,2-4,6-9,11,18-21,35H2,1H3,(H,37,41);(H,6,7). The van der Waals surface area contributed by atoms with Gasteiger partial charge in [0.15, 0.2) is 5.69 Å². The van der Waals surface area contributed by atoms with Crippen molar-refractivity contribution in [3.8, 4) is 28.8 Å². The number of rotatable bonds is 11. The Bertz CT molecular complexity index is 1650. The molecule has 0 radical (unpaired) electrons. The Balaban J connectivity index is 0.000000838. The summed E-state index contributed by atoms with van der Waals surface area (Å²) < 4.78 is 38.7. The van der Waals surface area contributed by atoms with Crippen LogP contribution in [0, 0.1) is 18.8 Å². The van der Waals surface area contributed by atoms with Gasteiger partial charge >= 0.3 is 18.1 Å². The van der Waals surface area contributed by atoms with E-state index in [0.717, 1.165) is 67.6 Å². The van der Waals surface area contributed by atoms with Crippen molar-refractivity contribution >= 4 is 41.0 Å². The number of halogens is 5. The fraction of sp³-hybridized carbons (Fsp3) is 0.412. The Morgan fingerprint density at radius 2 is 1.71 bits per heavy atom. The van der Waals surface area contributed by atoms with Crippen molar-refractivity contribution in [3.63, 3.8) is 0 Å². The number of carboxylic acids is 1. The van der Waals surface area contributed by atoms with E-state index in [1.165, 1.54) is 6.42 Å². The van der Waals surface area contributed by atoms with Crippen LogP contribution in [-0.4, -0.2) is 70.2 Å². The topological polar surface area (TPSA) is 140 Å². The number of esters is 1. The zero-order chi connectivity index (χ0) is 36.0. The Morgan fingerprint density at radius 3 is 2.33 bits per heavy atom. The average molecular weight is 725 g/mol. The first-order valence-electron chi connectivity index (χ1n) is 15.7.